The third-order valence-corrected chi connectivity index (χ3v) is 8.75. The number of aromatic nitrogens is 1. The monoisotopic (exact) mass is 482 g/mol. The van der Waals surface area contributed by atoms with Crippen LogP contribution in [0.25, 0.3) is 0 Å². The zero-order valence-electron chi connectivity index (χ0n) is 18.1. The number of aryl methyl sites for hydroxylation is 1. The molecule has 0 radical (unpaired) electrons. The predicted octanol–water partition coefficient (Wildman–Crippen LogP) is 1.56. The average Bonchev–Trinajstić information content (AvgIpc) is 3.23. The standard InChI is InChI=1S/C21H26N2O7S2/c1-14-11-19(16(3)23(14)17-9-10-31(26,27)13-17)20(24)12-30-21(25)15(2)22-32(28,29)18-7-5-4-6-8-18/h4-8,11,15,17,22H,9-10,12-13H2,1-3H3/t15-,17?/m0/s1. The molecule has 1 aliphatic rings. The molecule has 1 N–H and O–H groups in total. The quantitative estimate of drug-likeness (QED) is 0.446. The molecule has 2 atom stereocenters. The number of sulfone groups is 1. The van der Waals surface area contributed by atoms with Crippen molar-refractivity contribution < 1.29 is 31.2 Å². The number of esters is 1. The van der Waals surface area contributed by atoms with Crippen molar-refractivity contribution in [2.24, 2.45) is 0 Å². The molecule has 32 heavy (non-hydrogen) atoms. The number of carbonyl (C=O) groups is 2. The summed E-state index contributed by atoms with van der Waals surface area (Å²) in [4.78, 5) is 24.9. The van der Waals surface area contributed by atoms with E-state index in [2.05, 4.69) is 4.72 Å². The zero-order chi connectivity index (χ0) is 23.7. The highest BCUT2D eigenvalue weighted by atomic mass is 32.2. The predicted molar refractivity (Wildman–Crippen MR) is 118 cm³/mol. The molecule has 1 aliphatic heterocycles. The Balaban J connectivity index is 1.63. The molecule has 0 spiro atoms. The smallest absolute Gasteiger partial charge is 0.324 e. The van der Waals surface area contributed by atoms with Crippen LogP contribution in [-0.2, 0) is 29.4 Å². The van der Waals surface area contributed by atoms with Gasteiger partial charge in [0.2, 0.25) is 15.8 Å². The molecule has 0 bridgehead atoms. The Labute approximate surface area is 187 Å². The maximum atomic E-state index is 12.7. The van der Waals surface area contributed by atoms with E-state index in [9.17, 15) is 26.4 Å². The number of rotatable bonds is 8. The van der Waals surface area contributed by atoms with Crippen LogP contribution in [0.2, 0.25) is 0 Å². The number of sulfonamides is 1. The second-order valence-electron chi connectivity index (χ2n) is 7.90. The largest absolute Gasteiger partial charge is 0.456 e. The molecule has 1 aromatic carbocycles. The Hall–Kier alpha value is -2.50. The van der Waals surface area contributed by atoms with Gasteiger partial charge in [-0.2, -0.15) is 4.72 Å². The number of carbonyl (C=O) groups excluding carboxylic acids is 2. The summed E-state index contributed by atoms with van der Waals surface area (Å²) in [5, 5.41) is 0. The van der Waals surface area contributed by atoms with E-state index in [1.807, 2.05) is 4.57 Å². The third kappa shape index (κ3) is 5.28. The molecule has 1 aromatic heterocycles. The lowest BCUT2D eigenvalue weighted by molar-refractivity contribution is -0.144. The van der Waals surface area contributed by atoms with E-state index >= 15 is 0 Å². The second-order valence-corrected chi connectivity index (χ2v) is 11.8. The van der Waals surface area contributed by atoms with Crippen LogP contribution in [0.3, 0.4) is 0 Å². The van der Waals surface area contributed by atoms with E-state index in [4.69, 9.17) is 4.74 Å². The van der Waals surface area contributed by atoms with Gasteiger partial charge in [-0.25, -0.2) is 16.8 Å². The molecule has 11 heteroatoms. The summed E-state index contributed by atoms with van der Waals surface area (Å²) in [6, 6.07) is 7.83. The molecule has 1 saturated heterocycles. The van der Waals surface area contributed by atoms with Gasteiger partial charge in [-0.05, 0) is 45.4 Å². The molecular weight excluding hydrogens is 456 g/mol. The van der Waals surface area contributed by atoms with Gasteiger partial charge in [0.15, 0.2) is 16.4 Å². The lowest BCUT2D eigenvalue weighted by Gasteiger charge is -2.16. The number of nitrogens with zero attached hydrogens (tertiary/aromatic N) is 1. The van der Waals surface area contributed by atoms with Crippen molar-refractivity contribution in [2.75, 3.05) is 18.1 Å². The van der Waals surface area contributed by atoms with Gasteiger partial charge >= 0.3 is 5.97 Å². The lowest BCUT2D eigenvalue weighted by Crippen LogP contribution is -2.40. The highest BCUT2D eigenvalue weighted by molar-refractivity contribution is 7.91. The summed E-state index contributed by atoms with van der Waals surface area (Å²) in [5.74, 6) is -1.18. The maximum absolute atomic E-state index is 12.7. The lowest BCUT2D eigenvalue weighted by atomic mass is 10.1. The Morgan fingerprint density at radius 1 is 1.22 bits per heavy atom. The summed E-state index contributed by atoms with van der Waals surface area (Å²) in [5.41, 5.74) is 1.71. The molecule has 1 fully saturated rings. The molecule has 0 saturated carbocycles. The minimum atomic E-state index is -3.91. The molecule has 1 unspecified atom stereocenters. The minimum Gasteiger partial charge on any atom is -0.456 e. The van der Waals surface area contributed by atoms with E-state index in [-0.39, 0.29) is 22.4 Å². The maximum Gasteiger partial charge on any atom is 0.324 e. The van der Waals surface area contributed by atoms with Crippen LogP contribution >= 0.6 is 0 Å². The number of hydrogen-bond acceptors (Lipinski definition) is 7. The molecule has 174 valence electrons. The minimum absolute atomic E-state index is 0.0112. The normalized spacial score (nSPS) is 18.9. The zero-order valence-corrected chi connectivity index (χ0v) is 19.7. The summed E-state index contributed by atoms with van der Waals surface area (Å²) in [7, 11) is -7.00. The molecule has 0 aliphatic carbocycles. The van der Waals surface area contributed by atoms with E-state index in [1.54, 1.807) is 38.1 Å². The van der Waals surface area contributed by atoms with E-state index in [0.717, 1.165) is 5.69 Å². The Bertz CT molecular complexity index is 1230. The summed E-state index contributed by atoms with van der Waals surface area (Å²) in [6.07, 6.45) is 0.486. The number of hydrogen-bond donors (Lipinski definition) is 1. The van der Waals surface area contributed by atoms with Crippen LogP contribution in [0.15, 0.2) is 41.3 Å². The van der Waals surface area contributed by atoms with Crippen molar-refractivity contribution >= 4 is 31.6 Å². The van der Waals surface area contributed by atoms with Crippen molar-refractivity contribution in [2.45, 2.75) is 44.2 Å². The first-order chi connectivity index (χ1) is 14.9. The highest BCUT2D eigenvalue weighted by Crippen LogP contribution is 2.29. The van der Waals surface area contributed by atoms with Crippen LogP contribution in [0.5, 0.6) is 0 Å². The Morgan fingerprint density at radius 2 is 1.88 bits per heavy atom. The van der Waals surface area contributed by atoms with Gasteiger partial charge in [-0.15, -0.1) is 0 Å². The summed E-state index contributed by atoms with van der Waals surface area (Å²) >= 11 is 0. The van der Waals surface area contributed by atoms with Crippen LogP contribution in [0, 0.1) is 13.8 Å². The number of benzene rings is 1. The number of ether oxygens (including phenoxy) is 1. The van der Waals surface area contributed by atoms with E-state index < -0.39 is 44.3 Å². The first-order valence-electron chi connectivity index (χ1n) is 10.1. The summed E-state index contributed by atoms with van der Waals surface area (Å²) < 4.78 is 57.4. The van der Waals surface area contributed by atoms with Crippen LogP contribution in [0.4, 0.5) is 0 Å². The molecule has 0 amide bonds. The van der Waals surface area contributed by atoms with Gasteiger partial charge in [0.25, 0.3) is 0 Å². The fourth-order valence-electron chi connectivity index (χ4n) is 3.89. The molecular formula is C21H26N2O7S2. The number of nitrogens with one attached hydrogen (secondary N) is 1. The first-order valence-corrected chi connectivity index (χ1v) is 13.4. The van der Waals surface area contributed by atoms with Crippen molar-refractivity contribution in [3.63, 3.8) is 0 Å². The number of Topliss-reactive ketones (excluding diaryl/α,β-unsaturated/α-hetero) is 1. The average molecular weight is 483 g/mol. The van der Waals surface area contributed by atoms with Crippen LogP contribution in [0.1, 0.15) is 41.1 Å². The Kier molecular flexibility index (Phi) is 6.91. The molecule has 2 heterocycles. The van der Waals surface area contributed by atoms with Gasteiger partial charge in [-0.1, -0.05) is 18.2 Å². The second kappa shape index (κ2) is 9.16. The fraction of sp³-hybridized carbons (Fsp3) is 0.429. The van der Waals surface area contributed by atoms with Crippen LogP contribution in [-0.4, -0.2) is 57.3 Å². The highest BCUT2D eigenvalue weighted by Gasteiger charge is 2.32. The summed E-state index contributed by atoms with van der Waals surface area (Å²) in [6.45, 7) is 4.30. The molecule has 2 aromatic rings. The first kappa shape index (κ1) is 24.1. The van der Waals surface area contributed by atoms with Gasteiger partial charge in [0.05, 0.1) is 16.4 Å². The topological polar surface area (TPSA) is 129 Å². The van der Waals surface area contributed by atoms with Crippen molar-refractivity contribution in [3.8, 4) is 0 Å². The SMILES string of the molecule is Cc1cc(C(=O)COC(=O)[C@H](C)NS(=O)(=O)c2ccccc2)c(C)n1C1CCS(=O)(=O)C1. The molecule has 9 nitrogen and oxygen atoms in total. The number of ketones is 1. The third-order valence-electron chi connectivity index (χ3n) is 5.44. The van der Waals surface area contributed by atoms with Gasteiger partial charge in [-0.3, -0.25) is 9.59 Å². The van der Waals surface area contributed by atoms with Crippen LogP contribution < -0.4 is 4.72 Å². The van der Waals surface area contributed by atoms with Crippen molar-refractivity contribution in [3.05, 3.63) is 53.3 Å². The van der Waals surface area contributed by atoms with Gasteiger partial charge < -0.3 is 9.30 Å². The Morgan fingerprint density at radius 3 is 2.47 bits per heavy atom. The molecule has 3 rings (SSSR count). The van der Waals surface area contributed by atoms with E-state index in [1.165, 1.54) is 19.1 Å². The fourth-order valence-corrected chi connectivity index (χ4v) is 6.80. The van der Waals surface area contributed by atoms with Gasteiger partial charge in [0, 0.05) is 23.0 Å². The van der Waals surface area contributed by atoms with Crippen molar-refractivity contribution in [1.82, 2.24) is 9.29 Å². The van der Waals surface area contributed by atoms with E-state index in [0.29, 0.717) is 17.7 Å². The van der Waals surface area contributed by atoms with Crippen molar-refractivity contribution in [1.29, 1.82) is 0 Å². The van der Waals surface area contributed by atoms with Gasteiger partial charge in [0.1, 0.15) is 6.04 Å².